The summed E-state index contributed by atoms with van der Waals surface area (Å²) in [6.45, 7) is 9.96. The van der Waals surface area contributed by atoms with Gasteiger partial charge in [0.25, 0.3) is 0 Å². The van der Waals surface area contributed by atoms with E-state index < -0.39 is 0 Å². The molecule has 0 spiro atoms. The van der Waals surface area contributed by atoms with Gasteiger partial charge in [-0.3, -0.25) is 0 Å². The van der Waals surface area contributed by atoms with Crippen LogP contribution in [0.3, 0.4) is 0 Å². The van der Waals surface area contributed by atoms with Gasteiger partial charge >= 0.3 is 0 Å². The molecule has 0 amide bonds. The SMILES string of the molecule is CC(C)(C)CNc1ccc(N2CCCC2)nc1. The summed E-state index contributed by atoms with van der Waals surface area (Å²) < 4.78 is 0. The number of pyridine rings is 1. The van der Waals surface area contributed by atoms with Crippen LogP contribution in [0.15, 0.2) is 18.3 Å². The van der Waals surface area contributed by atoms with E-state index in [2.05, 4.69) is 48.1 Å². The molecule has 0 saturated carbocycles. The number of hydrogen-bond donors (Lipinski definition) is 1. The predicted molar refractivity (Wildman–Crippen MR) is 73.6 cm³/mol. The zero-order valence-corrected chi connectivity index (χ0v) is 11.2. The van der Waals surface area contributed by atoms with Crippen LogP contribution in [-0.4, -0.2) is 24.6 Å². The summed E-state index contributed by atoms with van der Waals surface area (Å²) in [5.74, 6) is 1.11. The van der Waals surface area contributed by atoms with E-state index in [0.717, 1.165) is 31.1 Å². The van der Waals surface area contributed by atoms with Crippen molar-refractivity contribution in [2.45, 2.75) is 33.6 Å². The van der Waals surface area contributed by atoms with E-state index in [1.165, 1.54) is 12.8 Å². The molecule has 1 aromatic heterocycles. The van der Waals surface area contributed by atoms with Crippen molar-refractivity contribution in [3.8, 4) is 0 Å². The van der Waals surface area contributed by atoms with Gasteiger partial charge in [-0.1, -0.05) is 20.8 Å². The second-order valence-electron chi connectivity index (χ2n) is 6.01. The molecule has 0 aliphatic carbocycles. The third-order valence-corrected chi connectivity index (χ3v) is 3.00. The van der Waals surface area contributed by atoms with Gasteiger partial charge in [-0.05, 0) is 30.4 Å². The Morgan fingerprint density at radius 3 is 2.47 bits per heavy atom. The summed E-state index contributed by atoms with van der Waals surface area (Å²) in [4.78, 5) is 6.88. The lowest BCUT2D eigenvalue weighted by atomic mass is 9.97. The molecule has 1 aliphatic heterocycles. The first-order chi connectivity index (χ1) is 8.04. The van der Waals surface area contributed by atoms with Crippen LogP contribution in [-0.2, 0) is 0 Å². The van der Waals surface area contributed by atoms with Crippen molar-refractivity contribution < 1.29 is 0 Å². The summed E-state index contributed by atoms with van der Waals surface area (Å²) in [6.07, 6.45) is 4.54. The molecule has 0 unspecified atom stereocenters. The lowest BCUT2D eigenvalue weighted by Gasteiger charge is -2.20. The quantitative estimate of drug-likeness (QED) is 0.869. The van der Waals surface area contributed by atoms with Gasteiger partial charge in [0.15, 0.2) is 0 Å². The van der Waals surface area contributed by atoms with E-state index in [9.17, 15) is 0 Å². The Balaban J connectivity index is 1.93. The van der Waals surface area contributed by atoms with Gasteiger partial charge in [-0.2, -0.15) is 0 Å². The molecule has 2 rings (SSSR count). The highest BCUT2D eigenvalue weighted by molar-refractivity contribution is 5.49. The fourth-order valence-corrected chi connectivity index (χ4v) is 1.99. The average molecular weight is 233 g/mol. The first-order valence-electron chi connectivity index (χ1n) is 6.49. The van der Waals surface area contributed by atoms with Crippen LogP contribution in [0.4, 0.5) is 11.5 Å². The Kier molecular flexibility index (Phi) is 3.55. The molecule has 2 heterocycles. The van der Waals surface area contributed by atoms with Crippen LogP contribution in [0.2, 0.25) is 0 Å². The largest absolute Gasteiger partial charge is 0.383 e. The van der Waals surface area contributed by atoms with Gasteiger partial charge < -0.3 is 10.2 Å². The molecule has 0 bridgehead atoms. The standard InChI is InChI=1S/C14H23N3/c1-14(2,3)11-16-12-6-7-13(15-10-12)17-8-4-5-9-17/h6-7,10,16H,4-5,8-9,11H2,1-3H3. The summed E-state index contributed by atoms with van der Waals surface area (Å²) in [5.41, 5.74) is 1.41. The maximum atomic E-state index is 4.52. The number of nitrogens with zero attached hydrogens (tertiary/aromatic N) is 2. The Bertz CT molecular complexity index is 345. The maximum absolute atomic E-state index is 4.52. The maximum Gasteiger partial charge on any atom is 0.128 e. The monoisotopic (exact) mass is 233 g/mol. The van der Waals surface area contributed by atoms with Crippen LogP contribution in [0.1, 0.15) is 33.6 Å². The number of hydrogen-bond acceptors (Lipinski definition) is 3. The summed E-state index contributed by atoms with van der Waals surface area (Å²) in [6, 6.07) is 4.25. The minimum Gasteiger partial charge on any atom is -0.383 e. The second kappa shape index (κ2) is 4.94. The Morgan fingerprint density at radius 2 is 1.94 bits per heavy atom. The van der Waals surface area contributed by atoms with Gasteiger partial charge in [0.2, 0.25) is 0 Å². The van der Waals surface area contributed by atoms with E-state index in [1.54, 1.807) is 0 Å². The van der Waals surface area contributed by atoms with Crippen molar-refractivity contribution in [3.05, 3.63) is 18.3 Å². The molecule has 1 saturated heterocycles. The molecule has 17 heavy (non-hydrogen) atoms. The highest BCUT2D eigenvalue weighted by Gasteiger charge is 2.13. The van der Waals surface area contributed by atoms with Crippen LogP contribution < -0.4 is 10.2 Å². The number of rotatable bonds is 3. The Morgan fingerprint density at radius 1 is 1.24 bits per heavy atom. The molecule has 1 aliphatic rings. The first kappa shape index (κ1) is 12.2. The van der Waals surface area contributed by atoms with Crippen molar-refractivity contribution in [2.24, 2.45) is 5.41 Å². The third kappa shape index (κ3) is 3.62. The topological polar surface area (TPSA) is 28.2 Å². The molecule has 0 aromatic carbocycles. The molecule has 1 fully saturated rings. The van der Waals surface area contributed by atoms with Crippen molar-refractivity contribution in [1.29, 1.82) is 0 Å². The molecular formula is C14H23N3. The van der Waals surface area contributed by atoms with Crippen molar-refractivity contribution in [2.75, 3.05) is 29.9 Å². The average Bonchev–Trinajstić information content (AvgIpc) is 2.79. The van der Waals surface area contributed by atoms with Gasteiger partial charge in [0, 0.05) is 19.6 Å². The minimum atomic E-state index is 0.299. The van der Waals surface area contributed by atoms with Crippen molar-refractivity contribution in [3.63, 3.8) is 0 Å². The molecule has 0 atom stereocenters. The third-order valence-electron chi connectivity index (χ3n) is 3.00. The number of anilines is 2. The van der Waals surface area contributed by atoms with E-state index in [-0.39, 0.29) is 0 Å². The zero-order valence-electron chi connectivity index (χ0n) is 11.2. The van der Waals surface area contributed by atoms with Crippen LogP contribution in [0.25, 0.3) is 0 Å². The molecule has 1 aromatic rings. The summed E-state index contributed by atoms with van der Waals surface area (Å²) in [5, 5.41) is 3.42. The highest BCUT2D eigenvalue weighted by atomic mass is 15.2. The van der Waals surface area contributed by atoms with Crippen LogP contribution in [0.5, 0.6) is 0 Å². The van der Waals surface area contributed by atoms with Gasteiger partial charge in [-0.25, -0.2) is 4.98 Å². The van der Waals surface area contributed by atoms with Crippen LogP contribution in [0, 0.1) is 5.41 Å². The van der Waals surface area contributed by atoms with Crippen molar-refractivity contribution >= 4 is 11.5 Å². The predicted octanol–water partition coefficient (Wildman–Crippen LogP) is 3.14. The van der Waals surface area contributed by atoms with Crippen molar-refractivity contribution in [1.82, 2.24) is 4.98 Å². The molecule has 3 heteroatoms. The smallest absolute Gasteiger partial charge is 0.128 e. The van der Waals surface area contributed by atoms with Gasteiger partial charge in [-0.15, -0.1) is 0 Å². The second-order valence-corrected chi connectivity index (χ2v) is 6.01. The van der Waals surface area contributed by atoms with Crippen LogP contribution >= 0.6 is 0 Å². The number of aromatic nitrogens is 1. The molecular weight excluding hydrogens is 210 g/mol. The fourth-order valence-electron chi connectivity index (χ4n) is 1.99. The van der Waals surface area contributed by atoms with E-state index in [4.69, 9.17) is 0 Å². The minimum absolute atomic E-state index is 0.299. The lowest BCUT2D eigenvalue weighted by Crippen LogP contribution is -2.20. The molecule has 94 valence electrons. The van der Waals surface area contributed by atoms with Gasteiger partial charge in [0.1, 0.15) is 5.82 Å². The van der Waals surface area contributed by atoms with E-state index in [1.807, 2.05) is 6.20 Å². The lowest BCUT2D eigenvalue weighted by molar-refractivity contribution is 0.443. The molecule has 3 nitrogen and oxygen atoms in total. The van der Waals surface area contributed by atoms with E-state index >= 15 is 0 Å². The molecule has 0 radical (unpaired) electrons. The highest BCUT2D eigenvalue weighted by Crippen LogP contribution is 2.20. The Labute approximate surface area is 104 Å². The van der Waals surface area contributed by atoms with E-state index in [0.29, 0.717) is 5.41 Å². The summed E-state index contributed by atoms with van der Waals surface area (Å²) in [7, 11) is 0. The molecule has 1 N–H and O–H groups in total. The Hall–Kier alpha value is -1.25. The first-order valence-corrected chi connectivity index (χ1v) is 6.49. The number of nitrogens with one attached hydrogen (secondary N) is 1. The zero-order chi connectivity index (χ0) is 12.3. The normalized spacial score (nSPS) is 16.3. The fraction of sp³-hybridized carbons (Fsp3) is 0.643. The summed E-state index contributed by atoms with van der Waals surface area (Å²) >= 11 is 0. The van der Waals surface area contributed by atoms with Gasteiger partial charge in [0.05, 0.1) is 11.9 Å².